The number of rotatable bonds is 3. The molecule has 18 heavy (non-hydrogen) atoms. The molecule has 0 fully saturated rings. The van der Waals surface area contributed by atoms with Crippen LogP contribution >= 0.6 is 0 Å². The average molecular weight is 242 g/mol. The van der Waals surface area contributed by atoms with Crippen LogP contribution in [-0.2, 0) is 13.0 Å². The topological polar surface area (TPSA) is 42.7 Å². The maximum absolute atomic E-state index is 4.31. The maximum atomic E-state index is 4.31. The summed E-state index contributed by atoms with van der Waals surface area (Å²) in [5, 5.41) is 11.9. The molecule has 1 aromatic heterocycles. The lowest BCUT2D eigenvalue weighted by molar-refractivity contribution is 0.632. The second-order valence-electron chi connectivity index (χ2n) is 4.78. The van der Waals surface area contributed by atoms with E-state index in [4.69, 9.17) is 0 Å². The first-order valence-corrected chi connectivity index (χ1v) is 6.51. The van der Waals surface area contributed by atoms with E-state index in [1.165, 1.54) is 11.3 Å². The van der Waals surface area contributed by atoms with Crippen molar-refractivity contribution in [2.75, 3.05) is 11.9 Å². The van der Waals surface area contributed by atoms with Gasteiger partial charge in [-0.1, -0.05) is 18.2 Å². The molecule has 3 rings (SSSR count). The van der Waals surface area contributed by atoms with Crippen molar-refractivity contribution >= 4 is 5.69 Å². The van der Waals surface area contributed by atoms with Crippen LogP contribution in [0.2, 0.25) is 0 Å². The van der Waals surface area contributed by atoms with Gasteiger partial charge in [0.1, 0.15) is 11.6 Å². The van der Waals surface area contributed by atoms with Gasteiger partial charge in [0, 0.05) is 31.1 Å². The van der Waals surface area contributed by atoms with Crippen molar-refractivity contribution in [3.63, 3.8) is 0 Å². The molecule has 2 aromatic rings. The van der Waals surface area contributed by atoms with Gasteiger partial charge in [-0.05, 0) is 25.5 Å². The highest BCUT2D eigenvalue weighted by atomic mass is 15.3. The summed E-state index contributed by atoms with van der Waals surface area (Å²) in [5.41, 5.74) is 2.67. The molecular weight excluding hydrogens is 224 g/mol. The van der Waals surface area contributed by atoms with Crippen molar-refractivity contribution < 1.29 is 0 Å². The highest BCUT2D eigenvalue weighted by molar-refractivity contribution is 5.57. The molecular formula is C14H18N4. The SMILES string of the molecule is CCn1c(C)nnc1CC1CNc2ccccc21. The van der Waals surface area contributed by atoms with E-state index in [1.807, 2.05) is 6.92 Å². The van der Waals surface area contributed by atoms with Crippen LogP contribution in [0.25, 0.3) is 0 Å². The summed E-state index contributed by atoms with van der Waals surface area (Å²) < 4.78 is 2.20. The van der Waals surface area contributed by atoms with Crippen LogP contribution in [0.15, 0.2) is 24.3 Å². The van der Waals surface area contributed by atoms with Gasteiger partial charge in [0.25, 0.3) is 0 Å². The number of nitrogens with one attached hydrogen (secondary N) is 1. The summed E-state index contributed by atoms with van der Waals surface area (Å²) in [6, 6.07) is 8.53. The van der Waals surface area contributed by atoms with Crippen LogP contribution < -0.4 is 5.32 Å². The van der Waals surface area contributed by atoms with Crippen molar-refractivity contribution in [1.82, 2.24) is 14.8 Å². The van der Waals surface area contributed by atoms with Gasteiger partial charge in [-0.15, -0.1) is 10.2 Å². The quantitative estimate of drug-likeness (QED) is 0.898. The Hall–Kier alpha value is -1.84. The van der Waals surface area contributed by atoms with Crippen LogP contribution in [0.5, 0.6) is 0 Å². The van der Waals surface area contributed by atoms with Crippen LogP contribution in [0.3, 0.4) is 0 Å². The minimum atomic E-state index is 0.509. The molecule has 0 saturated carbocycles. The largest absolute Gasteiger partial charge is 0.384 e. The summed E-state index contributed by atoms with van der Waals surface area (Å²) in [7, 11) is 0. The average Bonchev–Trinajstić information content (AvgIpc) is 2.95. The third-order valence-electron chi connectivity index (χ3n) is 3.70. The predicted octanol–water partition coefficient (Wildman–Crippen LogP) is 2.36. The lowest BCUT2D eigenvalue weighted by atomic mass is 9.97. The number of hydrogen-bond acceptors (Lipinski definition) is 3. The molecule has 0 aliphatic carbocycles. The molecule has 0 saturated heterocycles. The Morgan fingerprint density at radius 3 is 3.00 bits per heavy atom. The molecule has 0 radical (unpaired) electrons. The van der Waals surface area contributed by atoms with Gasteiger partial charge in [0.2, 0.25) is 0 Å². The highest BCUT2D eigenvalue weighted by Gasteiger charge is 2.23. The monoisotopic (exact) mass is 242 g/mol. The van der Waals surface area contributed by atoms with E-state index in [-0.39, 0.29) is 0 Å². The van der Waals surface area contributed by atoms with Crippen molar-refractivity contribution in [3.8, 4) is 0 Å². The van der Waals surface area contributed by atoms with Crippen LogP contribution in [-0.4, -0.2) is 21.3 Å². The number of hydrogen-bond donors (Lipinski definition) is 1. The van der Waals surface area contributed by atoms with Crippen LogP contribution in [0.4, 0.5) is 5.69 Å². The summed E-state index contributed by atoms with van der Waals surface area (Å²) in [5.74, 6) is 2.61. The fourth-order valence-electron chi connectivity index (χ4n) is 2.75. The van der Waals surface area contributed by atoms with E-state index in [0.717, 1.165) is 31.2 Å². The fourth-order valence-corrected chi connectivity index (χ4v) is 2.75. The third-order valence-corrected chi connectivity index (χ3v) is 3.70. The summed E-state index contributed by atoms with van der Waals surface area (Å²) in [6.45, 7) is 6.09. The molecule has 1 aliphatic rings. The van der Waals surface area contributed by atoms with Crippen LogP contribution in [0.1, 0.15) is 30.1 Å². The number of aromatic nitrogens is 3. The summed E-state index contributed by atoms with van der Waals surface area (Å²) >= 11 is 0. The summed E-state index contributed by atoms with van der Waals surface area (Å²) in [6.07, 6.45) is 0.957. The molecule has 1 N–H and O–H groups in total. The second kappa shape index (κ2) is 4.44. The van der Waals surface area contributed by atoms with Crippen molar-refractivity contribution in [2.24, 2.45) is 0 Å². The molecule has 4 nitrogen and oxygen atoms in total. The molecule has 0 amide bonds. The van der Waals surface area contributed by atoms with Crippen molar-refractivity contribution in [3.05, 3.63) is 41.5 Å². The van der Waals surface area contributed by atoms with Gasteiger partial charge in [-0.3, -0.25) is 0 Å². The molecule has 4 heteroatoms. The number of fused-ring (bicyclic) bond motifs is 1. The minimum Gasteiger partial charge on any atom is -0.384 e. The second-order valence-corrected chi connectivity index (χ2v) is 4.78. The predicted molar refractivity (Wildman–Crippen MR) is 71.8 cm³/mol. The molecule has 1 aliphatic heterocycles. The zero-order chi connectivity index (χ0) is 12.5. The van der Waals surface area contributed by atoms with Gasteiger partial charge in [-0.25, -0.2) is 0 Å². The van der Waals surface area contributed by atoms with E-state index in [1.54, 1.807) is 0 Å². The Morgan fingerprint density at radius 2 is 2.17 bits per heavy atom. The maximum Gasteiger partial charge on any atom is 0.133 e. The molecule has 0 bridgehead atoms. The Labute approximate surface area is 107 Å². The Morgan fingerprint density at radius 1 is 1.33 bits per heavy atom. The smallest absolute Gasteiger partial charge is 0.133 e. The molecule has 0 spiro atoms. The number of anilines is 1. The number of aryl methyl sites for hydroxylation is 1. The highest BCUT2D eigenvalue weighted by Crippen LogP contribution is 2.33. The van der Waals surface area contributed by atoms with Crippen LogP contribution in [0, 0.1) is 6.92 Å². The van der Waals surface area contributed by atoms with Gasteiger partial charge in [0.15, 0.2) is 0 Å². The Balaban J connectivity index is 1.86. The van der Waals surface area contributed by atoms with Gasteiger partial charge in [0.05, 0.1) is 0 Å². The third kappa shape index (κ3) is 1.78. The minimum absolute atomic E-state index is 0.509. The van der Waals surface area contributed by atoms with Crippen molar-refractivity contribution in [1.29, 1.82) is 0 Å². The molecule has 94 valence electrons. The normalized spacial score (nSPS) is 17.6. The first-order valence-electron chi connectivity index (χ1n) is 6.51. The molecule has 1 atom stereocenters. The Bertz CT molecular complexity index is 559. The Kier molecular flexibility index (Phi) is 2.78. The van der Waals surface area contributed by atoms with E-state index < -0.39 is 0 Å². The van der Waals surface area contributed by atoms with E-state index in [2.05, 4.69) is 51.3 Å². The first kappa shape index (κ1) is 11.3. The number of nitrogens with zero attached hydrogens (tertiary/aromatic N) is 3. The molecule has 1 aromatic carbocycles. The molecule has 1 unspecified atom stereocenters. The van der Waals surface area contributed by atoms with Gasteiger partial charge >= 0.3 is 0 Å². The fraction of sp³-hybridized carbons (Fsp3) is 0.429. The van der Waals surface area contributed by atoms with E-state index in [0.29, 0.717) is 5.92 Å². The number of para-hydroxylation sites is 1. The van der Waals surface area contributed by atoms with E-state index >= 15 is 0 Å². The summed E-state index contributed by atoms with van der Waals surface area (Å²) in [4.78, 5) is 0. The van der Waals surface area contributed by atoms with Gasteiger partial charge in [-0.2, -0.15) is 0 Å². The first-order chi connectivity index (χ1) is 8.79. The number of benzene rings is 1. The van der Waals surface area contributed by atoms with Crippen molar-refractivity contribution in [2.45, 2.75) is 32.7 Å². The zero-order valence-corrected chi connectivity index (χ0v) is 10.8. The standard InChI is InChI=1S/C14H18N4/c1-3-18-10(2)16-17-14(18)8-11-9-15-13-7-5-4-6-12(11)13/h4-7,11,15H,3,8-9H2,1-2H3. The van der Waals surface area contributed by atoms with E-state index in [9.17, 15) is 0 Å². The lowest BCUT2D eigenvalue weighted by Gasteiger charge is -2.11. The zero-order valence-electron chi connectivity index (χ0n) is 10.8. The lowest BCUT2D eigenvalue weighted by Crippen LogP contribution is -2.11. The molecule has 2 heterocycles. The van der Waals surface area contributed by atoms with Gasteiger partial charge < -0.3 is 9.88 Å².